The second-order valence-corrected chi connectivity index (χ2v) is 10.7. The summed E-state index contributed by atoms with van der Waals surface area (Å²) in [6.07, 6.45) is 0.758. The van der Waals surface area contributed by atoms with Gasteiger partial charge in [0.1, 0.15) is 0 Å². The zero-order valence-corrected chi connectivity index (χ0v) is 21.3. The fourth-order valence-electron chi connectivity index (χ4n) is 3.73. The fourth-order valence-corrected chi connectivity index (χ4v) is 5.89. The number of thioether (sulfide) groups is 1. The molecular formula is C28H32N3S2+. The van der Waals surface area contributed by atoms with Crippen molar-refractivity contribution in [3.8, 4) is 0 Å². The Hall–Kier alpha value is -2.34. The highest BCUT2D eigenvalue weighted by Crippen LogP contribution is 2.36. The highest BCUT2D eigenvalue weighted by atomic mass is 32.2. The molecule has 1 aliphatic rings. The van der Waals surface area contributed by atoms with Crippen molar-refractivity contribution >= 4 is 45.7 Å². The van der Waals surface area contributed by atoms with E-state index in [-0.39, 0.29) is 0 Å². The van der Waals surface area contributed by atoms with Gasteiger partial charge in [0, 0.05) is 27.5 Å². The molecule has 5 heteroatoms. The van der Waals surface area contributed by atoms with Gasteiger partial charge in [-0.05, 0) is 44.2 Å². The molecule has 33 heavy (non-hydrogen) atoms. The van der Waals surface area contributed by atoms with Gasteiger partial charge in [-0.25, -0.2) is 4.99 Å². The molecule has 3 aromatic rings. The lowest BCUT2D eigenvalue weighted by Crippen LogP contribution is -2.45. The Morgan fingerprint density at radius 2 is 1.42 bits per heavy atom. The first-order chi connectivity index (χ1) is 16.1. The van der Waals surface area contributed by atoms with Gasteiger partial charge in [0.05, 0.1) is 48.8 Å². The van der Waals surface area contributed by atoms with Gasteiger partial charge in [-0.15, -0.1) is 11.8 Å². The van der Waals surface area contributed by atoms with Crippen molar-refractivity contribution in [2.24, 2.45) is 9.98 Å². The molecule has 1 aliphatic heterocycles. The van der Waals surface area contributed by atoms with E-state index < -0.39 is 0 Å². The molecule has 0 bridgehead atoms. The van der Waals surface area contributed by atoms with Gasteiger partial charge < -0.3 is 4.48 Å². The molecule has 0 radical (unpaired) electrons. The Labute approximate surface area is 206 Å². The maximum absolute atomic E-state index is 5.12. The van der Waals surface area contributed by atoms with Crippen LogP contribution in [0.15, 0.2) is 98.6 Å². The lowest BCUT2D eigenvalue weighted by Gasteiger charge is -2.31. The van der Waals surface area contributed by atoms with Crippen LogP contribution in [0.5, 0.6) is 0 Å². The Morgan fingerprint density at radius 3 is 2.15 bits per heavy atom. The zero-order valence-electron chi connectivity index (χ0n) is 19.7. The summed E-state index contributed by atoms with van der Waals surface area (Å²) in [5, 5.41) is 1.15. The predicted octanol–water partition coefficient (Wildman–Crippen LogP) is 7.61. The number of hydrogen-bond acceptors (Lipinski definition) is 4. The van der Waals surface area contributed by atoms with E-state index in [2.05, 4.69) is 87.6 Å². The van der Waals surface area contributed by atoms with Crippen molar-refractivity contribution in [3.05, 3.63) is 84.4 Å². The summed E-state index contributed by atoms with van der Waals surface area (Å²) in [4.78, 5) is 12.6. The lowest BCUT2D eigenvalue weighted by molar-refractivity contribution is -0.903. The first-order valence-corrected chi connectivity index (χ1v) is 13.4. The van der Waals surface area contributed by atoms with Gasteiger partial charge in [-0.3, -0.25) is 4.99 Å². The lowest BCUT2D eigenvalue weighted by atomic mass is 10.1. The molecule has 3 nitrogen and oxygen atoms in total. The maximum Gasteiger partial charge on any atom is 0.0896 e. The quantitative estimate of drug-likeness (QED) is 0.314. The molecule has 0 amide bonds. The number of nitrogens with zero attached hydrogens (tertiary/aromatic N) is 3. The molecular weight excluding hydrogens is 442 g/mol. The monoisotopic (exact) mass is 474 g/mol. The van der Waals surface area contributed by atoms with Crippen LogP contribution in [0.3, 0.4) is 0 Å². The average Bonchev–Trinajstić information content (AvgIpc) is 3.04. The summed E-state index contributed by atoms with van der Waals surface area (Å²) in [5.74, 6) is 1.06. The number of rotatable bonds is 8. The Morgan fingerprint density at radius 1 is 0.788 bits per heavy atom. The van der Waals surface area contributed by atoms with Gasteiger partial charge in [-0.1, -0.05) is 60.3 Å². The summed E-state index contributed by atoms with van der Waals surface area (Å²) in [5.41, 5.74) is 4.20. The molecule has 0 fully saturated rings. The topological polar surface area (TPSA) is 24.7 Å². The number of benzene rings is 3. The highest BCUT2D eigenvalue weighted by Gasteiger charge is 2.20. The molecule has 1 heterocycles. The third kappa shape index (κ3) is 6.17. The van der Waals surface area contributed by atoms with E-state index in [1.165, 1.54) is 15.4 Å². The molecule has 170 valence electrons. The molecule has 0 aliphatic carbocycles. The van der Waals surface area contributed by atoms with E-state index >= 15 is 0 Å². The minimum absolute atomic E-state index is 0.758. The Kier molecular flexibility index (Phi) is 8.07. The van der Waals surface area contributed by atoms with E-state index in [9.17, 15) is 0 Å². The zero-order chi connectivity index (χ0) is 23.1. The van der Waals surface area contributed by atoms with Crippen LogP contribution in [-0.2, 0) is 0 Å². The van der Waals surface area contributed by atoms with Crippen molar-refractivity contribution < 1.29 is 4.48 Å². The molecule has 0 saturated heterocycles. The minimum atomic E-state index is 0.758. The second-order valence-electron chi connectivity index (χ2n) is 8.46. The largest absolute Gasteiger partial charge is 0.326 e. The molecule has 4 rings (SSSR count). The van der Waals surface area contributed by atoms with Crippen molar-refractivity contribution in [3.63, 3.8) is 0 Å². The van der Waals surface area contributed by atoms with Gasteiger partial charge in [0.2, 0.25) is 0 Å². The van der Waals surface area contributed by atoms with Crippen LogP contribution in [-0.4, -0.2) is 47.7 Å². The summed E-state index contributed by atoms with van der Waals surface area (Å²) in [7, 11) is 2.34. The van der Waals surface area contributed by atoms with Gasteiger partial charge in [0.15, 0.2) is 0 Å². The summed E-state index contributed by atoms with van der Waals surface area (Å²) >= 11 is 3.68. The van der Waals surface area contributed by atoms with Crippen LogP contribution in [0.2, 0.25) is 0 Å². The van der Waals surface area contributed by atoms with Crippen LogP contribution in [0, 0.1) is 0 Å². The SMILES string of the molecule is CC[N+](C)(CC)CCSC1=Nc2ccccc2N=C(c2ccccc2Sc2ccccc2)C1. The Balaban J connectivity index is 1.63. The minimum Gasteiger partial charge on any atom is -0.326 e. The van der Waals surface area contributed by atoms with Gasteiger partial charge in [0.25, 0.3) is 0 Å². The predicted molar refractivity (Wildman–Crippen MR) is 146 cm³/mol. The normalized spacial score (nSPS) is 13.7. The van der Waals surface area contributed by atoms with E-state index in [1.54, 1.807) is 11.8 Å². The van der Waals surface area contributed by atoms with Crippen molar-refractivity contribution in [2.45, 2.75) is 30.1 Å². The number of aliphatic imine (C=N–C) groups is 2. The number of quaternary nitrogens is 1. The van der Waals surface area contributed by atoms with E-state index in [1.807, 2.05) is 23.9 Å². The van der Waals surface area contributed by atoms with Crippen LogP contribution in [0.1, 0.15) is 25.8 Å². The average molecular weight is 475 g/mol. The first-order valence-electron chi connectivity index (χ1n) is 11.6. The standard InChI is InChI=1S/C28H32N3S2/c1-4-31(3,5-2)19-20-32-28-21-26(29-24-16-10-11-17-25(24)30-28)23-15-9-12-18-27(23)33-22-13-7-6-8-14-22/h6-18H,4-5,19-21H2,1-3H3/q+1. The third-order valence-electron chi connectivity index (χ3n) is 6.30. The highest BCUT2D eigenvalue weighted by molar-refractivity contribution is 8.14. The van der Waals surface area contributed by atoms with Crippen LogP contribution >= 0.6 is 23.5 Å². The van der Waals surface area contributed by atoms with Crippen LogP contribution in [0.4, 0.5) is 11.4 Å². The third-order valence-corrected chi connectivity index (χ3v) is 8.34. The van der Waals surface area contributed by atoms with Crippen molar-refractivity contribution in [1.29, 1.82) is 0 Å². The molecule has 0 atom stereocenters. The van der Waals surface area contributed by atoms with Gasteiger partial charge >= 0.3 is 0 Å². The van der Waals surface area contributed by atoms with E-state index in [0.29, 0.717) is 0 Å². The summed E-state index contributed by atoms with van der Waals surface area (Å²) < 4.78 is 1.09. The summed E-state index contributed by atoms with van der Waals surface area (Å²) in [6, 6.07) is 27.4. The van der Waals surface area contributed by atoms with Crippen LogP contribution < -0.4 is 0 Å². The number of fused-ring (bicyclic) bond motifs is 1. The molecule has 3 aromatic carbocycles. The fraction of sp³-hybridized carbons (Fsp3) is 0.286. The smallest absolute Gasteiger partial charge is 0.0896 e. The van der Waals surface area contributed by atoms with E-state index in [0.717, 1.165) is 58.4 Å². The molecule has 0 spiro atoms. The summed E-state index contributed by atoms with van der Waals surface area (Å²) in [6.45, 7) is 8.01. The van der Waals surface area contributed by atoms with Crippen LogP contribution in [0.25, 0.3) is 0 Å². The molecule has 0 unspecified atom stereocenters. The first kappa shape index (κ1) is 23.8. The van der Waals surface area contributed by atoms with Crippen molar-refractivity contribution in [1.82, 2.24) is 0 Å². The van der Waals surface area contributed by atoms with Crippen molar-refractivity contribution in [2.75, 3.05) is 32.4 Å². The van der Waals surface area contributed by atoms with E-state index in [4.69, 9.17) is 9.98 Å². The molecule has 0 N–H and O–H groups in total. The Bertz CT molecular complexity index is 1130. The number of para-hydroxylation sites is 2. The maximum atomic E-state index is 5.12. The van der Waals surface area contributed by atoms with Gasteiger partial charge in [-0.2, -0.15) is 0 Å². The number of hydrogen-bond donors (Lipinski definition) is 0. The second kappa shape index (κ2) is 11.2. The molecule has 0 aromatic heterocycles. The molecule has 0 saturated carbocycles.